The Bertz CT molecular complexity index is 198. The molecule has 102 valence electrons. The summed E-state index contributed by atoms with van der Waals surface area (Å²) >= 11 is 3.81. The SMILES string of the molecule is CCCCCC(=O)O.CCCCNC(=O)CS. The predicted octanol–water partition coefficient (Wildman–Crippen LogP) is 2.48. The molecule has 0 fully saturated rings. The van der Waals surface area contributed by atoms with Crippen LogP contribution in [-0.2, 0) is 9.59 Å². The van der Waals surface area contributed by atoms with E-state index in [4.69, 9.17) is 5.11 Å². The second-order valence-corrected chi connectivity index (χ2v) is 4.03. The van der Waals surface area contributed by atoms with E-state index in [9.17, 15) is 9.59 Å². The number of unbranched alkanes of at least 4 members (excludes halogenated alkanes) is 3. The quantitative estimate of drug-likeness (QED) is 0.465. The number of carboxylic acids is 1. The van der Waals surface area contributed by atoms with E-state index in [0.717, 1.165) is 38.6 Å². The summed E-state index contributed by atoms with van der Waals surface area (Å²) in [6.07, 6.45) is 5.45. The lowest BCUT2D eigenvalue weighted by Crippen LogP contribution is -2.25. The molecule has 0 aromatic rings. The molecular formula is C12H25NO3S. The van der Waals surface area contributed by atoms with E-state index < -0.39 is 5.97 Å². The molecule has 0 saturated carbocycles. The summed E-state index contributed by atoms with van der Waals surface area (Å²) in [7, 11) is 0. The summed E-state index contributed by atoms with van der Waals surface area (Å²) < 4.78 is 0. The second kappa shape index (κ2) is 15.3. The lowest BCUT2D eigenvalue weighted by atomic mass is 10.2. The molecule has 0 aliphatic rings. The number of carbonyl (C=O) groups is 2. The first-order chi connectivity index (χ1) is 8.08. The van der Waals surface area contributed by atoms with E-state index in [1.807, 2.05) is 0 Å². The summed E-state index contributed by atoms with van der Waals surface area (Å²) in [6, 6.07) is 0. The largest absolute Gasteiger partial charge is 0.481 e. The van der Waals surface area contributed by atoms with Crippen LogP contribution < -0.4 is 5.32 Å². The van der Waals surface area contributed by atoms with E-state index in [-0.39, 0.29) is 5.91 Å². The fraction of sp³-hybridized carbons (Fsp3) is 0.833. The van der Waals surface area contributed by atoms with Crippen molar-refractivity contribution in [2.45, 2.75) is 52.4 Å². The summed E-state index contributed by atoms with van der Waals surface area (Å²) in [5.41, 5.74) is 0. The van der Waals surface area contributed by atoms with E-state index in [2.05, 4.69) is 31.8 Å². The molecule has 17 heavy (non-hydrogen) atoms. The number of carboxylic acid groups (broad SMARTS) is 1. The fourth-order valence-corrected chi connectivity index (χ4v) is 1.10. The fourth-order valence-electron chi connectivity index (χ4n) is 0.987. The molecule has 0 atom stereocenters. The van der Waals surface area contributed by atoms with Gasteiger partial charge in [-0.3, -0.25) is 9.59 Å². The molecule has 0 aromatic heterocycles. The minimum Gasteiger partial charge on any atom is -0.481 e. The average Bonchev–Trinajstić information content (AvgIpc) is 2.30. The van der Waals surface area contributed by atoms with Gasteiger partial charge in [0.1, 0.15) is 0 Å². The molecule has 5 heteroatoms. The van der Waals surface area contributed by atoms with Crippen LogP contribution in [0.15, 0.2) is 0 Å². The van der Waals surface area contributed by atoms with Gasteiger partial charge in [0.25, 0.3) is 0 Å². The van der Waals surface area contributed by atoms with Crippen molar-refractivity contribution >= 4 is 24.5 Å². The Hall–Kier alpha value is -0.710. The Balaban J connectivity index is 0. The van der Waals surface area contributed by atoms with Crippen molar-refractivity contribution < 1.29 is 14.7 Å². The van der Waals surface area contributed by atoms with Crippen LogP contribution in [0.25, 0.3) is 0 Å². The summed E-state index contributed by atoms with van der Waals surface area (Å²) in [5.74, 6) is -0.366. The lowest BCUT2D eigenvalue weighted by molar-refractivity contribution is -0.137. The Morgan fingerprint density at radius 1 is 1.12 bits per heavy atom. The first-order valence-electron chi connectivity index (χ1n) is 6.17. The molecule has 0 aromatic carbocycles. The molecule has 0 rings (SSSR count). The third-order valence-electron chi connectivity index (χ3n) is 1.99. The zero-order valence-corrected chi connectivity index (χ0v) is 11.8. The summed E-state index contributed by atoms with van der Waals surface area (Å²) in [4.78, 5) is 20.4. The van der Waals surface area contributed by atoms with Gasteiger partial charge in [-0.2, -0.15) is 12.6 Å². The van der Waals surface area contributed by atoms with Crippen LogP contribution in [0.5, 0.6) is 0 Å². The molecule has 0 radical (unpaired) electrons. The Morgan fingerprint density at radius 2 is 1.71 bits per heavy atom. The maximum absolute atomic E-state index is 10.5. The molecule has 1 amide bonds. The Labute approximate surface area is 110 Å². The van der Waals surface area contributed by atoms with Crippen LogP contribution in [0.2, 0.25) is 0 Å². The van der Waals surface area contributed by atoms with Gasteiger partial charge in [0.15, 0.2) is 0 Å². The molecule has 2 N–H and O–H groups in total. The van der Waals surface area contributed by atoms with Crippen molar-refractivity contribution in [2.24, 2.45) is 0 Å². The average molecular weight is 263 g/mol. The topological polar surface area (TPSA) is 66.4 Å². The number of nitrogens with one attached hydrogen (secondary N) is 1. The first kappa shape index (κ1) is 18.6. The third kappa shape index (κ3) is 21.2. The Kier molecular flexibility index (Phi) is 16.8. The van der Waals surface area contributed by atoms with Crippen molar-refractivity contribution in [3.63, 3.8) is 0 Å². The van der Waals surface area contributed by atoms with Crippen molar-refractivity contribution in [1.29, 1.82) is 0 Å². The van der Waals surface area contributed by atoms with E-state index in [1.54, 1.807) is 0 Å². The molecular weight excluding hydrogens is 238 g/mol. The van der Waals surface area contributed by atoms with Crippen molar-refractivity contribution in [3.05, 3.63) is 0 Å². The number of aliphatic carboxylic acids is 1. The van der Waals surface area contributed by atoms with Gasteiger partial charge in [-0.15, -0.1) is 0 Å². The van der Waals surface area contributed by atoms with Gasteiger partial charge in [-0.1, -0.05) is 33.1 Å². The van der Waals surface area contributed by atoms with Gasteiger partial charge in [0.05, 0.1) is 5.75 Å². The maximum atomic E-state index is 10.5. The highest BCUT2D eigenvalue weighted by molar-refractivity contribution is 7.81. The van der Waals surface area contributed by atoms with Crippen LogP contribution in [0.3, 0.4) is 0 Å². The maximum Gasteiger partial charge on any atom is 0.303 e. The highest BCUT2D eigenvalue weighted by Crippen LogP contribution is 1.97. The van der Waals surface area contributed by atoms with Crippen molar-refractivity contribution in [1.82, 2.24) is 5.32 Å². The smallest absolute Gasteiger partial charge is 0.303 e. The van der Waals surface area contributed by atoms with Crippen LogP contribution in [0.4, 0.5) is 0 Å². The number of rotatable bonds is 8. The number of hydrogen-bond acceptors (Lipinski definition) is 3. The zero-order valence-electron chi connectivity index (χ0n) is 10.9. The molecule has 0 aliphatic heterocycles. The number of amides is 1. The third-order valence-corrected chi connectivity index (χ3v) is 2.28. The van der Waals surface area contributed by atoms with Crippen molar-refractivity contribution in [3.8, 4) is 0 Å². The minimum absolute atomic E-state index is 0.0202. The standard InChI is InChI=1S/C6H13NOS.C6H12O2/c1-2-3-4-7-6(8)5-9;1-2-3-4-5-6(7)8/h9H,2-5H2,1H3,(H,7,8);2-5H2,1H3,(H,7,8). The molecule has 4 nitrogen and oxygen atoms in total. The summed E-state index contributed by atoms with van der Waals surface area (Å²) in [6.45, 7) is 4.94. The molecule has 0 spiro atoms. The van der Waals surface area contributed by atoms with Crippen LogP contribution >= 0.6 is 12.6 Å². The normalized spacial score (nSPS) is 9.12. The van der Waals surface area contributed by atoms with Crippen LogP contribution in [0.1, 0.15) is 52.4 Å². The molecule has 0 bridgehead atoms. The Morgan fingerprint density at radius 3 is 2.12 bits per heavy atom. The molecule has 0 saturated heterocycles. The van der Waals surface area contributed by atoms with E-state index in [1.165, 1.54) is 0 Å². The highest BCUT2D eigenvalue weighted by atomic mass is 32.1. The number of carbonyl (C=O) groups excluding carboxylic acids is 1. The lowest BCUT2D eigenvalue weighted by Gasteiger charge is -1.98. The van der Waals surface area contributed by atoms with E-state index in [0.29, 0.717) is 12.2 Å². The summed E-state index contributed by atoms with van der Waals surface area (Å²) in [5, 5.41) is 10.9. The van der Waals surface area contributed by atoms with Crippen LogP contribution in [-0.4, -0.2) is 29.3 Å². The van der Waals surface area contributed by atoms with Gasteiger partial charge in [0, 0.05) is 13.0 Å². The van der Waals surface area contributed by atoms with Gasteiger partial charge < -0.3 is 10.4 Å². The zero-order chi connectivity index (χ0) is 13.5. The second-order valence-electron chi connectivity index (χ2n) is 3.71. The predicted molar refractivity (Wildman–Crippen MR) is 73.5 cm³/mol. The van der Waals surface area contributed by atoms with Gasteiger partial charge in [-0.05, 0) is 12.8 Å². The molecule has 0 unspecified atom stereocenters. The molecule has 0 aliphatic carbocycles. The van der Waals surface area contributed by atoms with Gasteiger partial charge >= 0.3 is 5.97 Å². The van der Waals surface area contributed by atoms with Crippen molar-refractivity contribution in [2.75, 3.05) is 12.3 Å². The molecule has 0 heterocycles. The number of hydrogen-bond donors (Lipinski definition) is 3. The first-order valence-corrected chi connectivity index (χ1v) is 6.81. The van der Waals surface area contributed by atoms with E-state index >= 15 is 0 Å². The van der Waals surface area contributed by atoms with Crippen LogP contribution in [0, 0.1) is 0 Å². The van der Waals surface area contributed by atoms with Gasteiger partial charge in [0.2, 0.25) is 5.91 Å². The van der Waals surface area contributed by atoms with Gasteiger partial charge in [-0.25, -0.2) is 0 Å². The highest BCUT2D eigenvalue weighted by Gasteiger charge is 1.93. The monoisotopic (exact) mass is 263 g/mol. The minimum atomic E-state index is -0.682. The number of thiol groups is 1.